The molecule has 0 N–H and O–H groups in total. The van der Waals surface area contributed by atoms with E-state index in [2.05, 4.69) is 10.6 Å². The largest absolute Gasteiger partial charge is 0.465 e. The molecular weight excluding hydrogens is 492 g/mol. The van der Waals surface area contributed by atoms with Gasteiger partial charge in [-0.3, -0.25) is 9.59 Å². The first-order valence-electron chi connectivity index (χ1n) is 13.0. The second kappa shape index (κ2) is 10.5. The van der Waals surface area contributed by atoms with Gasteiger partial charge >= 0.3 is 5.97 Å². The minimum Gasteiger partial charge on any atom is -0.465 e. The lowest BCUT2D eigenvalue weighted by molar-refractivity contribution is -0.151. The van der Waals surface area contributed by atoms with Crippen LogP contribution in [0.4, 0.5) is 0 Å². The Morgan fingerprint density at radius 1 is 1.05 bits per heavy atom. The summed E-state index contributed by atoms with van der Waals surface area (Å²) in [6, 6.07) is 22.0. The molecule has 4 aromatic rings. The number of carbonyl (C=O) groups is 2. The predicted molar refractivity (Wildman–Crippen MR) is 153 cm³/mol. The third-order valence-electron chi connectivity index (χ3n) is 7.43. The lowest BCUT2D eigenvalue weighted by atomic mass is 9.69. The van der Waals surface area contributed by atoms with Crippen molar-refractivity contribution in [1.82, 2.24) is 9.55 Å². The van der Waals surface area contributed by atoms with E-state index in [9.17, 15) is 9.59 Å². The van der Waals surface area contributed by atoms with Gasteiger partial charge in [-0.2, -0.15) is 0 Å². The Bertz CT molecular complexity index is 1530. The maximum absolute atomic E-state index is 14.5. The van der Waals surface area contributed by atoms with Crippen LogP contribution in [0.2, 0.25) is 0 Å². The predicted octanol–water partition coefficient (Wildman–Crippen LogP) is 6.92. The average Bonchev–Trinajstić information content (AvgIpc) is 3.41. The monoisotopic (exact) mass is 524 g/mol. The molecule has 0 amide bonds. The molecule has 0 fully saturated rings. The molecule has 0 radical (unpaired) electrons. The second-order valence-electron chi connectivity index (χ2n) is 9.79. The van der Waals surface area contributed by atoms with Gasteiger partial charge in [0.2, 0.25) is 0 Å². The van der Waals surface area contributed by atoms with Gasteiger partial charge in [-0.15, -0.1) is 11.3 Å². The van der Waals surface area contributed by atoms with Crippen molar-refractivity contribution >= 4 is 34.2 Å². The molecule has 0 spiro atoms. The van der Waals surface area contributed by atoms with Crippen molar-refractivity contribution in [2.45, 2.75) is 40.0 Å². The van der Waals surface area contributed by atoms with Crippen molar-refractivity contribution in [2.75, 3.05) is 6.61 Å². The minimum atomic E-state index is -0.909. The Hall–Kier alpha value is -3.77. The molecule has 2 heterocycles. The molecule has 2 aromatic heterocycles. The molecule has 1 aliphatic carbocycles. The van der Waals surface area contributed by atoms with Crippen LogP contribution in [0, 0.1) is 26.7 Å². The zero-order valence-electron chi connectivity index (χ0n) is 22.4. The number of allylic oxidation sites excluding steroid dienone is 2. The minimum absolute atomic E-state index is 0.189. The van der Waals surface area contributed by atoms with Crippen molar-refractivity contribution in [3.05, 3.63) is 99.0 Å². The fraction of sp³-hybridized carbons (Fsp3) is 0.281. The molecule has 5 rings (SSSR count). The lowest BCUT2D eigenvalue weighted by Gasteiger charge is -2.32. The Kier molecular flexibility index (Phi) is 7.17. The Morgan fingerprint density at radius 3 is 2.32 bits per heavy atom. The number of benzene rings is 2. The van der Waals surface area contributed by atoms with Crippen molar-refractivity contribution < 1.29 is 14.3 Å². The number of Topliss-reactive ketones (excluding diaryl/α,β-unsaturated/α-hetero) is 1. The van der Waals surface area contributed by atoms with Crippen LogP contribution in [0.3, 0.4) is 0 Å². The van der Waals surface area contributed by atoms with Gasteiger partial charge < -0.3 is 9.30 Å². The van der Waals surface area contributed by atoms with E-state index < -0.39 is 11.9 Å². The van der Waals surface area contributed by atoms with Crippen LogP contribution < -0.4 is 0 Å². The van der Waals surface area contributed by atoms with E-state index in [0.29, 0.717) is 12.0 Å². The van der Waals surface area contributed by atoms with Crippen LogP contribution >= 0.6 is 11.3 Å². The quantitative estimate of drug-likeness (QED) is 0.203. The number of ether oxygens (including phenoxy) is 1. The molecule has 2 aromatic carbocycles. The van der Waals surface area contributed by atoms with Gasteiger partial charge in [0.05, 0.1) is 12.3 Å². The standard InChI is InChI=1S/C32H32N2O3S/c1-6-37-32(36)28-25(22-13-9-7-10-14-22)18-26(27(30(28)35)24-17-19(2)38-21(24)4)29-20(3)34(5)31(33-29)23-15-11-8-12-16-23/h7-17,25,28H,6,18H2,1-5H3. The molecule has 1 aliphatic rings. The summed E-state index contributed by atoms with van der Waals surface area (Å²) in [5.41, 5.74) is 6.13. The summed E-state index contributed by atoms with van der Waals surface area (Å²) >= 11 is 1.66. The number of imidazole rings is 1. The van der Waals surface area contributed by atoms with Crippen LogP contribution in [-0.2, 0) is 21.4 Å². The zero-order chi connectivity index (χ0) is 27.0. The smallest absolute Gasteiger partial charge is 0.317 e. The van der Waals surface area contributed by atoms with Crippen LogP contribution in [0.25, 0.3) is 22.5 Å². The average molecular weight is 525 g/mol. The van der Waals surface area contributed by atoms with Crippen molar-refractivity contribution in [2.24, 2.45) is 13.0 Å². The summed E-state index contributed by atoms with van der Waals surface area (Å²) in [4.78, 5) is 35.1. The number of ketones is 1. The normalized spacial score (nSPS) is 17.7. The van der Waals surface area contributed by atoms with Gasteiger partial charge in [0, 0.05) is 39.6 Å². The number of nitrogens with zero attached hydrogens (tertiary/aromatic N) is 2. The molecule has 6 heteroatoms. The maximum Gasteiger partial charge on any atom is 0.317 e. The van der Waals surface area contributed by atoms with Gasteiger partial charge in [0.15, 0.2) is 5.78 Å². The fourth-order valence-corrected chi connectivity index (χ4v) is 6.47. The third kappa shape index (κ3) is 4.54. The number of rotatable bonds is 6. The van der Waals surface area contributed by atoms with E-state index in [4.69, 9.17) is 9.72 Å². The van der Waals surface area contributed by atoms with Crippen LogP contribution in [-0.4, -0.2) is 27.9 Å². The van der Waals surface area contributed by atoms with Gasteiger partial charge in [0.25, 0.3) is 0 Å². The Morgan fingerprint density at radius 2 is 1.71 bits per heavy atom. The van der Waals surface area contributed by atoms with E-state index in [1.54, 1.807) is 18.3 Å². The first-order chi connectivity index (χ1) is 18.3. The summed E-state index contributed by atoms with van der Waals surface area (Å²) in [7, 11) is 2.01. The first-order valence-corrected chi connectivity index (χ1v) is 13.8. The maximum atomic E-state index is 14.5. The highest BCUT2D eigenvalue weighted by molar-refractivity contribution is 7.12. The topological polar surface area (TPSA) is 61.2 Å². The number of hydrogen-bond donors (Lipinski definition) is 0. The number of aryl methyl sites for hydroxylation is 2. The molecule has 38 heavy (non-hydrogen) atoms. The fourth-order valence-electron chi connectivity index (χ4n) is 5.54. The molecular formula is C32H32N2O3S. The van der Waals surface area contributed by atoms with Gasteiger partial charge in [0.1, 0.15) is 11.7 Å². The highest BCUT2D eigenvalue weighted by Crippen LogP contribution is 2.48. The van der Waals surface area contributed by atoms with E-state index in [1.807, 2.05) is 88.5 Å². The molecule has 0 saturated heterocycles. The van der Waals surface area contributed by atoms with Crippen LogP contribution in [0.5, 0.6) is 0 Å². The SMILES string of the molecule is CCOC(=O)C1C(=O)C(c2cc(C)sc2C)=C(c2nc(-c3ccccc3)n(C)c2C)CC1c1ccccc1. The summed E-state index contributed by atoms with van der Waals surface area (Å²) in [6.45, 7) is 8.13. The Balaban J connectivity index is 1.78. The number of hydrogen-bond acceptors (Lipinski definition) is 5. The van der Waals surface area contributed by atoms with E-state index in [0.717, 1.165) is 49.2 Å². The number of carbonyl (C=O) groups excluding carboxylic acids is 2. The molecule has 2 unspecified atom stereocenters. The molecule has 0 aliphatic heterocycles. The van der Waals surface area contributed by atoms with Crippen molar-refractivity contribution in [3.8, 4) is 11.4 Å². The summed E-state index contributed by atoms with van der Waals surface area (Å²) in [5.74, 6) is -1.06. The van der Waals surface area contributed by atoms with E-state index >= 15 is 0 Å². The zero-order valence-corrected chi connectivity index (χ0v) is 23.3. The molecule has 0 saturated carbocycles. The second-order valence-corrected chi connectivity index (χ2v) is 11.3. The highest BCUT2D eigenvalue weighted by Gasteiger charge is 2.45. The van der Waals surface area contributed by atoms with Crippen LogP contribution in [0.1, 0.15) is 51.5 Å². The van der Waals surface area contributed by atoms with Crippen LogP contribution in [0.15, 0.2) is 66.7 Å². The Labute approximate surface area is 227 Å². The summed E-state index contributed by atoms with van der Waals surface area (Å²) in [6.07, 6.45) is 0.509. The molecule has 5 nitrogen and oxygen atoms in total. The van der Waals surface area contributed by atoms with Gasteiger partial charge in [-0.25, -0.2) is 4.98 Å². The molecule has 0 bridgehead atoms. The van der Waals surface area contributed by atoms with Crippen molar-refractivity contribution in [1.29, 1.82) is 0 Å². The van der Waals surface area contributed by atoms with Gasteiger partial charge in [-0.05, 0) is 56.9 Å². The number of thiophene rings is 1. The summed E-state index contributed by atoms with van der Waals surface area (Å²) < 4.78 is 7.55. The van der Waals surface area contributed by atoms with Gasteiger partial charge in [-0.1, -0.05) is 60.7 Å². The lowest BCUT2D eigenvalue weighted by Crippen LogP contribution is -2.36. The first kappa shape index (κ1) is 25.9. The van der Waals surface area contributed by atoms with E-state index in [1.165, 1.54) is 0 Å². The molecule has 2 atom stereocenters. The number of aromatic nitrogens is 2. The number of esters is 1. The van der Waals surface area contributed by atoms with E-state index in [-0.39, 0.29) is 18.3 Å². The molecule has 194 valence electrons. The highest BCUT2D eigenvalue weighted by atomic mass is 32.1. The third-order valence-corrected chi connectivity index (χ3v) is 8.40. The summed E-state index contributed by atoms with van der Waals surface area (Å²) in [5, 5.41) is 0. The van der Waals surface area contributed by atoms with Crippen molar-refractivity contribution in [3.63, 3.8) is 0 Å².